The highest BCUT2D eigenvalue weighted by atomic mass is 16.2. The van der Waals surface area contributed by atoms with Crippen LogP contribution in [0, 0.1) is 12.3 Å². The third kappa shape index (κ3) is 3.77. The molecule has 0 atom stereocenters. The Balaban J connectivity index is 1.32. The van der Waals surface area contributed by atoms with Crippen LogP contribution in [0.5, 0.6) is 0 Å². The Bertz CT molecular complexity index is 897. The standard InChI is InChI=1S/C21H23N5O/c1-2-3-9-21(23-24-21)10-8-20(27)26-13-11-25(12-14-26)19-16-22-15-17-6-4-5-7-18(17)19/h1,4-7,15-16H,3,8-14H2. The van der Waals surface area contributed by atoms with Crippen molar-refractivity contribution in [1.82, 2.24) is 9.88 Å². The van der Waals surface area contributed by atoms with Crippen molar-refractivity contribution in [2.45, 2.75) is 31.3 Å². The van der Waals surface area contributed by atoms with Crippen LogP contribution >= 0.6 is 0 Å². The molecule has 27 heavy (non-hydrogen) atoms. The lowest BCUT2D eigenvalue weighted by molar-refractivity contribution is -0.131. The Hall–Kier alpha value is -2.94. The molecule has 1 aromatic heterocycles. The van der Waals surface area contributed by atoms with Crippen LogP contribution in [-0.4, -0.2) is 47.6 Å². The van der Waals surface area contributed by atoms with E-state index < -0.39 is 0 Å². The second-order valence-electron chi connectivity index (χ2n) is 7.13. The molecule has 0 N–H and O–H groups in total. The minimum Gasteiger partial charge on any atom is -0.366 e. The van der Waals surface area contributed by atoms with Crippen molar-refractivity contribution in [2.24, 2.45) is 10.2 Å². The first-order valence-electron chi connectivity index (χ1n) is 9.44. The SMILES string of the molecule is C#CCCC1(CCC(=O)N2CCN(c3cncc4ccccc34)CC2)N=N1. The van der Waals surface area contributed by atoms with Gasteiger partial charge in [-0.15, -0.1) is 12.3 Å². The van der Waals surface area contributed by atoms with Gasteiger partial charge in [0.1, 0.15) is 0 Å². The number of fused-ring (bicyclic) bond motifs is 1. The van der Waals surface area contributed by atoms with E-state index in [1.54, 1.807) is 0 Å². The van der Waals surface area contributed by atoms with Gasteiger partial charge in [-0.3, -0.25) is 9.78 Å². The van der Waals surface area contributed by atoms with Gasteiger partial charge in [0.15, 0.2) is 5.66 Å². The summed E-state index contributed by atoms with van der Waals surface area (Å²) in [5.74, 6) is 2.81. The molecule has 1 fully saturated rings. The predicted molar refractivity (Wildman–Crippen MR) is 105 cm³/mol. The summed E-state index contributed by atoms with van der Waals surface area (Å²) in [4.78, 5) is 21.2. The van der Waals surface area contributed by atoms with Gasteiger partial charge in [-0.1, -0.05) is 24.3 Å². The zero-order chi connectivity index (χ0) is 18.7. The summed E-state index contributed by atoms with van der Waals surface area (Å²) >= 11 is 0. The number of piperazine rings is 1. The van der Waals surface area contributed by atoms with Gasteiger partial charge in [-0.25, -0.2) is 0 Å². The Morgan fingerprint density at radius 1 is 1.11 bits per heavy atom. The summed E-state index contributed by atoms with van der Waals surface area (Å²) in [5.41, 5.74) is 0.766. The van der Waals surface area contributed by atoms with Crippen molar-refractivity contribution in [3.05, 3.63) is 36.7 Å². The Labute approximate surface area is 159 Å². The number of hydrogen-bond donors (Lipinski definition) is 0. The van der Waals surface area contributed by atoms with E-state index in [0.717, 1.165) is 43.7 Å². The van der Waals surface area contributed by atoms with E-state index in [2.05, 4.69) is 44.2 Å². The molecule has 1 aromatic carbocycles. The number of terminal acetylenes is 1. The minimum atomic E-state index is -0.377. The Morgan fingerprint density at radius 2 is 1.89 bits per heavy atom. The maximum atomic E-state index is 12.6. The molecular weight excluding hydrogens is 338 g/mol. The summed E-state index contributed by atoms with van der Waals surface area (Å²) in [5, 5.41) is 10.6. The largest absolute Gasteiger partial charge is 0.366 e. The van der Waals surface area contributed by atoms with Crippen molar-refractivity contribution in [3.63, 3.8) is 0 Å². The molecule has 0 bridgehead atoms. The predicted octanol–water partition coefficient (Wildman–Crippen LogP) is 3.24. The lowest BCUT2D eigenvalue weighted by Gasteiger charge is -2.36. The van der Waals surface area contributed by atoms with Crippen LogP contribution in [0.3, 0.4) is 0 Å². The fourth-order valence-electron chi connectivity index (χ4n) is 3.68. The third-order valence-corrected chi connectivity index (χ3v) is 5.41. The number of nitrogens with zero attached hydrogens (tertiary/aromatic N) is 5. The number of anilines is 1. The number of rotatable bonds is 6. The molecule has 1 saturated heterocycles. The number of amides is 1. The molecule has 6 heteroatoms. The van der Waals surface area contributed by atoms with E-state index in [1.807, 2.05) is 23.4 Å². The molecule has 0 spiro atoms. The highest BCUT2D eigenvalue weighted by Crippen LogP contribution is 2.37. The molecule has 0 radical (unpaired) electrons. The number of hydrogen-bond acceptors (Lipinski definition) is 5. The van der Waals surface area contributed by atoms with Gasteiger partial charge in [0.25, 0.3) is 0 Å². The summed E-state index contributed by atoms with van der Waals surface area (Å²) in [6, 6.07) is 8.28. The molecule has 138 valence electrons. The van der Waals surface area contributed by atoms with Crippen LogP contribution in [0.4, 0.5) is 5.69 Å². The number of carbonyl (C=O) groups is 1. The smallest absolute Gasteiger partial charge is 0.222 e. The first-order valence-corrected chi connectivity index (χ1v) is 9.44. The quantitative estimate of drug-likeness (QED) is 0.742. The van der Waals surface area contributed by atoms with Gasteiger partial charge in [0.05, 0.1) is 11.9 Å². The van der Waals surface area contributed by atoms with Crippen LogP contribution in [0.1, 0.15) is 25.7 Å². The highest BCUT2D eigenvalue weighted by molar-refractivity contribution is 5.93. The van der Waals surface area contributed by atoms with Gasteiger partial charge in [0, 0.05) is 68.8 Å². The first kappa shape index (κ1) is 17.5. The Morgan fingerprint density at radius 3 is 2.63 bits per heavy atom. The number of carbonyl (C=O) groups excluding carboxylic acids is 1. The van der Waals surface area contributed by atoms with Crippen molar-refractivity contribution < 1.29 is 4.79 Å². The molecule has 1 amide bonds. The number of pyridine rings is 1. The Kier molecular flexibility index (Phi) is 4.76. The zero-order valence-electron chi connectivity index (χ0n) is 15.3. The third-order valence-electron chi connectivity index (χ3n) is 5.41. The number of benzene rings is 1. The first-order chi connectivity index (χ1) is 13.2. The highest BCUT2D eigenvalue weighted by Gasteiger charge is 2.39. The van der Waals surface area contributed by atoms with Crippen LogP contribution in [0.2, 0.25) is 0 Å². The number of aromatic nitrogens is 1. The van der Waals surface area contributed by atoms with E-state index in [0.29, 0.717) is 19.3 Å². The topological polar surface area (TPSA) is 61.2 Å². The monoisotopic (exact) mass is 361 g/mol. The molecule has 2 aromatic rings. The fourth-order valence-corrected chi connectivity index (χ4v) is 3.68. The van der Waals surface area contributed by atoms with Crippen LogP contribution in [0.15, 0.2) is 46.9 Å². The summed E-state index contributed by atoms with van der Waals surface area (Å²) in [6.07, 6.45) is 11.7. The maximum Gasteiger partial charge on any atom is 0.222 e. The zero-order valence-corrected chi connectivity index (χ0v) is 15.3. The maximum absolute atomic E-state index is 12.6. The molecule has 0 saturated carbocycles. The molecule has 0 aliphatic carbocycles. The van der Waals surface area contributed by atoms with Crippen molar-refractivity contribution in [1.29, 1.82) is 0 Å². The normalized spacial score (nSPS) is 17.7. The van der Waals surface area contributed by atoms with Gasteiger partial charge in [0.2, 0.25) is 5.91 Å². The van der Waals surface area contributed by atoms with Crippen molar-refractivity contribution in [3.8, 4) is 12.3 Å². The van der Waals surface area contributed by atoms with Crippen molar-refractivity contribution >= 4 is 22.4 Å². The second kappa shape index (κ2) is 7.36. The summed E-state index contributed by atoms with van der Waals surface area (Å²) in [6.45, 7) is 3.10. The molecule has 2 aliphatic heterocycles. The van der Waals surface area contributed by atoms with Crippen LogP contribution in [0.25, 0.3) is 10.8 Å². The van der Waals surface area contributed by atoms with Gasteiger partial charge in [-0.05, 0) is 0 Å². The molecule has 6 nitrogen and oxygen atoms in total. The average Bonchev–Trinajstić information content (AvgIpc) is 3.50. The lowest BCUT2D eigenvalue weighted by Crippen LogP contribution is -2.49. The summed E-state index contributed by atoms with van der Waals surface area (Å²) < 4.78 is 0. The molecule has 0 unspecified atom stereocenters. The summed E-state index contributed by atoms with van der Waals surface area (Å²) in [7, 11) is 0. The molecule has 2 aliphatic rings. The molecular formula is C21H23N5O. The molecule has 4 rings (SSSR count). The van der Waals surface area contributed by atoms with E-state index in [1.165, 1.54) is 5.39 Å². The lowest BCUT2D eigenvalue weighted by atomic mass is 10.0. The second-order valence-corrected chi connectivity index (χ2v) is 7.13. The van der Waals surface area contributed by atoms with Crippen molar-refractivity contribution in [2.75, 3.05) is 31.1 Å². The van der Waals surface area contributed by atoms with E-state index in [4.69, 9.17) is 6.42 Å². The van der Waals surface area contributed by atoms with E-state index >= 15 is 0 Å². The van der Waals surface area contributed by atoms with Gasteiger partial charge < -0.3 is 9.80 Å². The van der Waals surface area contributed by atoms with E-state index in [-0.39, 0.29) is 11.6 Å². The minimum absolute atomic E-state index is 0.183. The fraction of sp³-hybridized carbons (Fsp3) is 0.429. The van der Waals surface area contributed by atoms with E-state index in [9.17, 15) is 4.79 Å². The van der Waals surface area contributed by atoms with Gasteiger partial charge >= 0.3 is 0 Å². The van der Waals surface area contributed by atoms with Gasteiger partial charge in [-0.2, -0.15) is 10.2 Å². The average molecular weight is 361 g/mol. The molecule has 3 heterocycles. The van der Waals surface area contributed by atoms with Crippen LogP contribution < -0.4 is 4.90 Å². The van der Waals surface area contributed by atoms with Crippen LogP contribution in [-0.2, 0) is 4.79 Å².